The Balaban J connectivity index is 1.77. The Bertz CT molecular complexity index is 728. The summed E-state index contributed by atoms with van der Waals surface area (Å²) in [7, 11) is 0. The first-order chi connectivity index (χ1) is 9.22. The van der Waals surface area contributed by atoms with Crippen LogP contribution in [0.4, 0.5) is 11.5 Å². The second-order valence-electron chi connectivity index (χ2n) is 4.09. The Hall–Kier alpha value is -2.83. The van der Waals surface area contributed by atoms with Gasteiger partial charge in [-0.3, -0.25) is 4.79 Å². The molecule has 1 amide bonds. The summed E-state index contributed by atoms with van der Waals surface area (Å²) in [6, 6.07) is 7.58. The lowest BCUT2D eigenvalue weighted by Gasteiger charge is -2.06. The molecule has 0 fully saturated rings. The minimum absolute atomic E-state index is 0.0258. The van der Waals surface area contributed by atoms with Crippen LogP contribution in [0.25, 0.3) is 10.9 Å². The Kier molecular flexibility index (Phi) is 2.64. The van der Waals surface area contributed by atoms with E-state index in [9.17, 15) is 4.79 Å². The highest BCUT2D eigenvalue weighted by Crippen LogP contribution is 2.21. The number of aromatic nitrogens is 4. The summed E-state index contributed by atoms with van der Waals surface area (Å²) in [5.41, 5.74) is 7.16. The molecule has 0 spiro atoms. The van der Waals surface area contributed by atoms with Gasteiger partial charge in [0.05, 0.1) is 11.9 Å². The van der Waals surface area contributed by atoms with Crippen LogP contribution in [0.2, 0.25) is 0 Å². The zero-order valence-electron chi connectivity index (χ0n) is 10.00. The number of rotatable bonds is 3. The van der Waals surface area contributed by atoms with Crippen LogP contribution in [0.15, 0.2) is 36.7 Å². The number of nitrogen functional groups attached to an aromatic ring is 1. The first-order valence-electron chi connectivity index (χ1n) is 5.74. The number of benzene rings is 1. The molecule has 96 valence electrons. The van der Waals surface area contributed by atoms with Crippen LogP contribution in [0.5, 0.6) is 0 Å². The number of H-pyrrole nitrogens is 1. The predicted octanol–water partition coefficient (Wildman–Crippen LogP) is 0.980. The lowest BCUT2D eigenvalue weighted by Crippen LogP contribution is -2.20. The number of anilines is 2. The van der Waals surface area contributed by atoms with Crippen LogP contribution in [0.3, 0.4) is 0 Å². The topological polar surface area (TPSA) is 102 Å². The smallest absolute Gasteiger partial charge is 0.247 e. The molecular formula is C12H12N6O. The fourth-order valence-electron chi connectivity index (χ4n) is 1.90. The van der Waals surface area contributed by atoms with Crippen molar-refractivity contribution in [1.29, 1.82) is 0 Å². The van der Waals surface area contributed by atoms with Crippen LogP contribution in [-0.2, 0) is 11.3 Å². The Morgan fingerprint density at radius 3 is 3.11 bits per heavy atom. The van der Waals surface area contributed by atoms with Crippen molar-refractivity contribution in [2.45, 2.75) is 6.54 Å². The first-order valence-corrected chi connectivity index (χ1v) is 5.74. The molecule has 0 bridgehead atoms. The van der Waals surface area contributed by atoms with Crippen molar-refractivity contribution in [2.24, 2.45) is 0 Å². The van der Waals surface area contributed by atoms with E-state index in [1.165, 1.54) is 11.0 Å². The fraction of sp³-hybridized carbons (Fsp3) is 0.0833. The molecule has 3 aromatic rings. The maximum absolute atomic E-state index is 11.9. The van der Waals surface area contributed by atoms with E-state index in [0.717, 1.165) is 16.6 Å². The Morgan fingerprint density at radius 1 is 1.42 bits per heavy atom. The summed E-state index contributed by atoms with van der Waals surface area (Å²) in [5.74, 6) is 0.0878. The number of nitrogens with zero attached hydrogens (tertiary/aromatic N) is 3. The molecular weight excluding hydrogens is 244 g/mol. The summed E-state index contributed by atoms with van der Waals surface area (Å²) < 4.78 is 0. The maximum Gasteiger partial charge on any atom is 0.247 e. The van der Waals surface area contributed by atoms with E-state index in [1.807, 2.05) is 30.5 Å². The van der Waals surface area contributed by atoms with Gasteiger partial charge in [0.2, 0.25) is 5.91 Å². The number of nitrogens with one attached hydrogen (secondary N) is 2. The number of hydrogen-bond acceptors (Lipinski definition) is 4. The molecule has 0 aliphatic carbocycles. The molecule has 7 nitrogen and oxygen atoms in total. The second kappa shape index (κ2) is 4.45. The van der Waals surface area contributed by atoms with Gasteiger partial charge >= 0.3 is 0 Å². The van der Waals surface area contributed by atoms with E-state index >= 15 is 0 Å². The van der Waals surface area contributed by atoms with Gasteiger partial charge in [0.1, 0.15) is 6.54 Å². The summed E-state index contributed by atoms with van der Waals surface area (Å²) >= 11 is 0. The van der Waals surface area contributed by atoms with Gasteiger partial charge in [-0.15, -0.1) is 5.10 Å². The highest BCUT2D eigenvalue weighted by atomic mass is 16.2. The average molecular weight is 256 g/mol. The number of carbonyl (C=O) groups excluding carboxylic acids is 1. The quantitative estimate of drug-likeness (QED) is 0.650. The van der Waals surface area contributed by atoms with Crippen LogP contribution in [0.1, 0.15) is 0 Å². The lowest BCUT2D eigenvalue weighted by atomic mass is 10.2. The van der Waals surface area contributed by atoms with E-state index in [-0.39, 0.29) is 12.5 Å². The van der Waals surface area contributed by atoms with Gasteiger partial charge in [0.15, 0.2) is 5.82 Å². The van der Waals surface area contributed by atoms with Gasteiger partial charge in [-0.05, 0) is 18.2 Å². The lowest BCUT2D eigenvalue weighted by molar-refractivity contribution is -0.117. The van der Waals surface area contributed by atoms with Crippen molar-refractivity contribution in [1.82, 2.24) is 20.0 Å². The first kappa shape index (κ1) is 11.3. The van der Waals surface area contributed by atoms with Crippen molar-refractivity contribution >= 4 is 28.3 Å². The second-order valence-corrected chi connectivity index (χ2v) is 4.09. The van der Waals surface area contributed by atoms with Crippen molar-refractivity contribution in [3.05, 3.63) is 36.7 Å². The van der Waals surface area contributed by atoms with E-state index in [2.05, 4.69) is 20.5 Å². The van der Waals surface area contributed by atoms with Crippen molar-refractivity contribution < 1.29 is 4.79 Å². The molecule has 0 saturated heterocycles. The molecule has 7 heteroatoms. The molecule has 3 rings (SSSR count). The van der Waals surface area contributed by atoms with E-state index in [0.29, 0.717) is 5.82 Å². The van der Waals surface area contributed by atoms with Crippen LogP contribution in [-0.4, -0.2) is 25.9 Å². The summed E-state index contributed by atoms with van der Waals surface area (Å²) in [4.78, 5) is 16.2. The molecule has 0 aliphatic heterocycles. The SMILES string of the molecule is Nc1cnn(CC(=O)Nc2cccc3[nH]ccc23)n1. The van der Waals surface area contributed by atoms with Crippen LogP contribution < -0.4 is 11.1 Å². The molecule has 0 unspecified atom stereocenters. The Morgan fingerprint density at radius 2 is 2.32 bits per heavy atom. The van der Waals surface area contributed by atoms with Crippen LogP contribution in [0, 0.1) is 0 Å². The molecule has 2 aromatic heterocycles. The van der Waals surface area contributed by atoms with Crippen molar-refractivity contribution in [3.8, 4) is 0 Å². The molecule has 1 aromatic carbocycles. The van der Waals surface area contributed by atoms with Gasteiger partial charge < -0.3 is 16.0 Å². The standard InChI is InChI=1S/C12H12N6O/c13-11-6-15-18(17-11)7-12(19)16-10-3-1-2-9-8(10)4-5-14-9/h1-6,14H,7H2,(H2,13,17)(H,16,19). The van der Waals surface area contributed by atoms with E-state index < -0.39 is 0 Å². The third-order valence-electron chi connectivity index (χ3n) is 2.71. The summed E-state index contributed by atoms with van der Waals surface area (Å²) in [6.07, 6.45) is 3.23. The molecule has 0 atom stereocenters. The number of fused-ring (bicyclic) bond motifs is 1. The normalized spacial score (nSPS) is 10.7. The molecule has 2 heterocycles. The minimum Gasteiger partial charge on any atom is -0.381 e. The molecule has 0 aliphatic rings. The minimum atomic E-state index is -0.204. The summed E-state index contributed by atoms with van der Waals surface area (Å²) in [5, 5.41) is 11.5. The number of nitrogens with two attached hydrogens (primary N) is 1. The zero-order chi connectivity index (χ0) is 13.2. The number of aromatic amines is 1. The summed E-state index contributed by atoms with van der Waals surface area (Å²) in [6.45, 7) is 0.0258. The third kappa shape index (κ3) is 2.25. The van der Waals surface area contributed by atoms with Crippen molar-refractivity contribution in [3.63, 3.8) is 0 Å². The largest absolute Gasteiger partial charge is 0.381 e. The maximum atomic E-state index is 11.9. The predicted molar refractivity (Wildman–Crippen MR) is 71.4 cm³/mol. The van der Waals surface area contributed by atoms with E-state index in [1.54, 1.807) is 0 Å². The van der Waals surface area contributed by atoms with Gasteiger partial charge in [-0.2, -0.15) is 9.90 Å². The monoisotopic (exact) mass is 256 g/mol. The number of amides is 1. The van der Waals surface area contributed by atoms with Crippen molar-refractivity contribution in [2.75, 3.05) is 11.1 Å². The van der Waals surface area contributed by atoms with Gasteiger partial charge in [-0.25, -0.2) is 0 Å². The van der Waals surface area contributed by atoms with Crippen LogP contribution >= 0.6 is 0 Å². The van der Waals surface area contributed by atoms with Gasteiger partial charge in [0.25, 0.3) is 0 Å². The highest BCUT2D eigenvalue weighted by molar-refractivity contribution is 6.01. The average Bonchev–Trinajstić information content (AvgIpc) is 2.98. The number of carbonyl (C=O) groups is 1. The molecule has 4 N–H and O–H groups in total. The zero-order valence-corrected chi connectivity index (χ0v) is 10.00. The fourth-order valence-corrected chi connectivity index (χ4v) is 1.90. The highest BCUT2D eigenvalue weighted by Gasteiger charge is 2.08. The van der Waals surface area contributed by atoms with Gasteiger partial charge in [0, 0.05) is 17.1 Å². The molecule has 19 heavy (non-hydrogen) atoms. The number of hydrogen-bond donors (Lipinski definition) is 3. The van der Waals surface area contributed by atoms with E-state index in [4.69, 9.17) is 5.73 Å². The molecule has 0 radical (unpaired) electrons. The molecule has 0 saturated carbocycles. The van der Waals surface area contributed by atoms with Gasteiger partial charge in [-0.1, -0.05) is 6.07 Å². The Labute approximate surface area is 108 Å². The third-order valence-corrected chi connectivity index (χ3v) is 2.71.